The molecule has 0 fully saturated rings. The minimum absolute atomic E-state index is 0.0704. The summed E-state index contributed by atoms with van der Waals surface area (Å²) in [4.78, 5) is 31.9. The zero-order valence-corrected chi connectivity index (χ0v) is 18.2. The quantitative estimate of drug-likeness (QED) is 0.642. The van der Waals surface area contributed by atoms with Crippen LogP contribution >= 0.6 is 11.3 Å². The van der Waals surface area contributed by atoms with E-state index in [0.717, 1.165) is 21.9 Å². The Kier molecular flexibility index (Phi) is 5.86. The maximum atomic E-state index is 13.4. The monoisotopic (exact) mass is 423 g/mol. The molecular weight excluding hydrogens is 398 g/mol. The number of nitrogens with zero attached hydrogens (tertiary/aromatic N) is 1. The molecule has 1 unspecified atom stereocenters. The normalized spacial score (nSPS) is 23.6. The number of ether oxygens (including phenoxy) is 2. The molecule has 1 aromatic heterocycles. The summed E-state index contributed by atoms with van der Waals surface area (Å²) in [6.07, 6.45) is 1.10. The van der Waals surface area contributed by atoms with Crippen molar-refractivity contribution in [1.82, 2.24) is 0 Å². The van der Waals surface area contributed by atoms with Gasteiger partial charge in [-0.3, -0.25) is 14.6 Å². The summed E-state index contributed by atoms with van der Waals surface area (Å²) >= 11 is 1.57. The number of methoxy groups -OCH3 is 1. The lowest BCUT2D eigenvalue weighted by molar-refractivity contribution is -0.146. The van der Waals surface area contributed by atoms with Gasteiger partial charge in [0.1, 0.15) is 11.7 Å². The number of rotatable bonds is 5. The number of thiophene rings is 1. The molecule has 0 amide bonds. The van der Waals surface area contributed by atoms with E-state index < -0.39 is 5.92 Å². The molecule has 2 aliphatic rings. The molecule has 1 aliphatic heterocycles. The molecule has 1 aliphatic carbocycles. The highest BCUT2D eigenvalue weighted by molar-refractivity contribution is 7.10. The molecule has 0 saturated carbocycles. The van der Waals surface area contributed by atoms with Gasteiger partial charge in [-0.2, -0.15) is 0 Å². The van der Waals surface area contributed by atoms with E-state index in [4.69, 9.17) is 14.5 Å². The minimum Gasteiger partial charge on any atom is -0.497 e. The molecule has 0 radical (unpaired) electrons. The lowest BCUT2D eigenvalue weighted by atomic mass is 9.71. The van der Waals surface area contributed by atoms with Gasteiger partial charge >= 0.3 is 5.97 Å². The van der Waals surface area contributed by atoms with Crippen LogP contribution in [0.3, 0.4) is 0 Å². The van der Waals surface area contributed by atoms with E-state index in [1.165, 1.54) is 0 Å². The topological polar surface area (TPSA) is 65.0 Å². The number of allylic oxidation sites excluding steroid dienone is 2. The summed E-state index contributed by atoms with van der Waals surface area (Å²) in [7, 11) is 1.64. The summed E-state index contributed by atoms with van der Waals surface area (Å²) in [6.45, 7) is 3.97. The van der Waals surface area contributed by atoms with Gasteiger partial charge in [0.05, 0.1) is 13.7 Å². The van der Waals surface area contributed by atoms with Crippen molar-refractivity contribution >= 4 is 28.8 Å². The molecule has 156 valence electrons. The number of aliphatic imine (C=N–C) groups is 1. The van der Waals surface area contributed by atoms with Gasteiger partial charge < -0.3 is 9.47 Å². The smallest absolute Gasteiger partial charge is 0.315 e. The highest BCUT2D eigenvalue weighted by Gasteiger charge is 2.45. The summed E-state index contributed by atoms with van der Waals surface area (Å²) in [5.74, 6) is -0.247. The minimum atomic E-state index is -0.552. The Balaban J connectivity index is 1.73. The molecule has 0 bridgehead atoms. The molecule has 3 atom stereocenters. The Morgan fingerprint density at radius 2 is 1.97 bits per heavy atom. The molecular formula is C24H25NO4S. The van der Waals surface area contributed by atoms with Gasteiger partial charge in [0.25, 0.3) is 0 Å². The molecule has 0 N–H and O–H groups in total. The van der Waals surface area contributed by atoms with E-state index in [-0.39, 0.29) is 23.6 Å². The molecule has 2 heterocycles. The van der Waals surface area contributed by atoms with Gasteiger partial charge in [0.2, 0.25) is 0 Å². The van der Waals surface area contributed by atoms with E-state index in [1.807, 2.05) is 48.7 Å². The first-order chi connectivity index (χ1) is 14.5. The number of benzene rings is 1. The number of carbonyl (C=O) groups is 2. The summed E-state index contributed by atoms with van der Waals surface area (Å²) in [6, 6.07) is 11.8. The van der Waals surface area contributed by atoms with Crippen LogP contribution in [0.15, 0.2) is 58.0 Å². The van der Waals surface area contributed by atoms with E-state index in [9.17, 15) is 9.59 Å². The van der Waals surface area contributed by atoms with Crippen LogP contribution in [0.5, 0.6) is 5.75 Å². The van der Waals surface area contributed by atoms with Crippen LogP contribution in [-0.4, -0.2) is 31.2 Å². The third-order valence-electron chi connectivity index (χ3n) is 5.87. The highest BCUT2D eigenvalue weighted by atomic mass is 32.1. The molecule has 0 saturated heterocycles. The van der Waals surface area contributed by atoms with Crippen molar-refractivity contribution in [1.29, 1.82) is 0 Å². The SMILES string of the molecule is CCOC(=O)C1C(C)=NC2=C(C(=O)C[C@H](c3ccc(OC)cc3)C2)[C@H]1c1cccs1. The summed E-state index contributed by atoms with van der Waals surface area (Å²) < 4.78 is 10.6. The number of carbonyl (C=O) groups excluding carboxylic acids is 2. The first-order valence-electron chi connectivity index (χ1n) is 10.2. The van der Waals surface area contributed by atoms with Crippen molar-refractivity contribution < 1.29 is 19.1 Å². The van der Waals surface area contributed by atoms with Gasteiger partial charge in [-0.1, -0.05) is 18.2 Å². The van der Waals surface area contributed by atoms with Crippen molar-refractivity contribution in [3.63, 3.8) is 0 Å². The molecule has 2 aromatic rings. The number of esters is 1. The fourth-order valence-electron chi connectivity index (χ4n) is 4.48. The third-order valence-corrected chi connectivity index (χ3v) is 6.82. The Morgan fingerprint density at radius 1 is 1.20 bits per heavy atom. The number of Topliss-reactive ketones (excluding diaryl/α,β-unsaturated/α-hetero) is 1. The Hall–Kier alpha value is -2.73. The van der Waals surface area contributed by atoms with Gasteiger partial charge in [-0.05, 0) is 55.3 Å². The molecule has 1 aromatic carbocycles. The standard InChI is InChI=1S/C24H25NO4S/c1-4-29-24(27)21-14(2)25-18-12-16(15-7-9-17(28-3)10-8-15)13-19(26)22(18)23(21)20-6-5-11-30-20/h5-11,16,21,23H,4,12-13H2,1-3H3/t16-,21?,23+/m1/s1. The van der Waals surface area contributed by atoms with Gasteiger partial charge in [0.15, 0.2) is 5.78 Å². The molecule has 6 heteroatoms. The zero-order chi connectivity index (χ0) is 21.3. The molecule has 4 rings (SSSR count). The van der Waals surface area contributed by atoms with Crippen LogP contribution in [0.1, 0.15) is 49.0 Å². The summed E-state index contributed by atoms with van der Waals surface area (Å²) in [5.41, 5.74) is 3.31. The predicted molar refractivity (Wildman–Crippen MR) is 117 cm³/mol. The van der Waals surface area contributed by atoms with Gasteiger partial charge in [-0.15, -0.1) is 11.3 Å². The second-order valence-electron chi connectivity index (χ2n) is 7.64. The number of hydrogen-bond donors (Lipinski definition) is 0. The van der Waals surface area contributed by atoms with Crippen LogP contribution in [0, 0.1) is 5.92 Å². The van der Waals surface area contributed by atoms with E-state index in [0.29, 0.717) is 30.7 Å². The highest BCUT2D eigenvalue weighted by Crippen LogP contribution is 2.47. The lowest BCUT2D eigenvalue weighted by Crippen LogP contribution is -2.37. The Bertz CT molecular complexity index is 1000. The number of ketones is 1. The Labute approximate surface area is 180 Å². The first-order valence-corrected chi connectivity index (χ1v) is 11.1. The second-order valence-corrected chi connectivity index (χ2v) is 8.62. The third kappa shape index (κ3) is 3.72. The first kappa shape index (κ1) is 20.5. The van der Waals surface area contributed by atoms with E-state index >= 15 is 0 Å². The van der Waals surface area contributed by atoms with Crippen molar-refractivity contribution in [2.24, 2.45) is 10.9 Å². The fourth-order valence-corrected chi connectivity index (χ4v) is 5.36. The lowest BCUT2D eigenvalue weighted by Gasteiger charge is -2.35. The zero-order valence-electron chi connectivity index (χ0n) is 17.4. The van der Waals surface area contributed by atoms with Crippen LogP contribution in [0.2, 0.25) is 0 Å². The van der Waals surface area contributed by atoms with Crippen molar-refractivity contribution in [3.8, 4) is 5.75 Å². The largest absolute Gasteiger partial charge is 0.497 e. The number of hydrogen-bond acceptors (Lipinski definition) is 6. The van der Waals surface area contributed by atoms with Gasteiger partial charge in [0, 0.05) is 34.2 Å². The van der Waals surface area contributed by atoms with Crippen LogP contribution in [-0.2, 0) is 14.3 Å². The van der Waals surface area contributed by atoms with E-state index in [2.05, 4.69) is 0 Å². The Morgan fingerprint density at radius 3 is 2.60 bits per heavy atom. The molecule has 30 heavy (non-hydrogen) atoms. The van der Waals surface area contributed by atoms with Crippen LogP contribution in [0.25, 0.3) is 0 Å². The maximum Gasteiger partial charge on any atom is 0.315 e. The van der Waals surface area contributed by atoms with Gasteiger partial charge in [-0.25, -0.2) is 0 Å². The van der Waals surface area contributed by atoms with Crippen molar-refractivity contribution in [2.45, 2.75) is 38.5 Å². The average Bonchev–Trinajstić information content (AvgIpc) is 3.27. The van der Waals surface area contributed by atoms with Crippen LogP contribution < -0.4 is 4.74 Å². The predicted octanol–water partition coefficient (Wildman–Crippen LogP) is 4.89. The molecule has 0 spiro atoms. The summed E-state index contributed by atoms with van der Waals surface area (Å²) in [5, 5.41) is 1.98. The average molecular weight is 424 g/mol. The second kappa shape index (κ2) is 8.56. The van der Waals surface area contributed by atoms with Crippen LogP contribution in [0.4, 0.5) is 0 Å². The van der Waals surface area contributed by atoms with Crippen molar-refractivity contribution in [3.05, 3.63) is 63.5 Å². The fraction of sp³-hybridized carbons (Fsp3) is 0.375. The molecule has 5 nitrogen and oxygen atoms in total. The van der Waals surface area contributed by atoms with Crippen molar-refractivity contribution in [2.75, 3.05) is 13.7 Å². The maximum absolute atomic E-state index is 13.4. The van der Waals surface area contributed by atoms with E-state index in [1.54, 1.807) is 25.4 Å².